The Kier molecular flexibility index (Phi) is 4.21. The van der Waals surface area contributed by atoms with Gasteiger partial charge in [-0.25, -0.2) is 4.98 Å². The first kappa shape index (κ1) is 15.7. The molecular formula is C22H25N. The van der Waals surface area contributed by atoms with E-state index in [9.17, 15) is 0 Å². The molecule has 0 fully saturated rings. The summed E-state index contributed by atoms with van der Waals surface area (Å²) in [5, 5.41) is 1.28. The number of benzene rings is 2. The first-order valence-corrected chi connectivity index (χ1v) is 8.42. The highest BCUT2D eigenvalue weighted by atomic mass is 14.7. The number of nitrogens with zero attached hydrogens (tertiary/aromatic N) is 1. The molecule has 0 aliphatic rings. The van der Waals surface area contributed by atoms with E-state index < -0.39 is 0 Å². The van der Waals surface area contributed by atoms with Crippen LogP contribution in [-0.2, 0) is 6.42 Å². The van der Waals surface area contributed by atoms with Crippen LogP contribution in [0.3, 0.4) is 0 Å². The van der Waals surface area contributed by atoms with Gasteiger partial charge in [-0.15, -0.1) is 0 Å². The number of fused-ring (bicyclic) bond motifs is 1. The fraction of sp³-hybridized carbons (Fsp3) is 0.318. The Bertz CT molecular complexity index is 859. The molecule has 0 amide bonds. The van der Waals surface area contributed by atoms with Gasteiger partial charge < -0.3 is 0 Å². The summed E-state index contributed by atoms with van der Waals surface area (Å²) >= 11 is 0. The molecule has 23 heavy (non-hydrogen) atoms. The number of aryl methyl sites for hydroxylation is 2. The van der Waals surface area contributed by atoms with Crippen LogP contribution in [0.15, 0.2) is 42.5 Å². The third-order valence-electron chi connectivity index (χ3n) is 4.52. The largest absolute Gasteiger partial charge is 0.248 e. The molecule has 0 unspecified atom stereocenters. The van der Waals surface area contributed by atoms with Crippen molar-refractivity contribution < 1.29 is 0 Å². The summed E-state index contributed by atoms with van der Waals surface area (Å²) in [5.41, 5.74) is 8.82. The highest BCUT2D eigenvalue weighted by molar-refractivity contribution is 5.85. The lowest BCUT2D eigenvalue weighted by molar-refractivity contribution is 0.650. The van der Waals surface area contributed by atoms with Crippen LogP contribution in [0.1, 0.15) is 36.1 Å². The van der Waals surface area contributed by atoms with Crippen molar-refractivity contribution in [3.8, 4) is 11.3 Å². The van der Waals surface area contributed by atoms with Crippen molar-refractivity contribution in [3.05, 3.63) is 64.7 Å². The molecule has 3 aromatic rings. The average molecular weight is 303 g/mol. The lowest BCUT2D eigenvalue weighted by atomic mass is 9.93. The zero-order valence-corrected chi connectivity index (χ0v) is 14.8. The standard InChI is InChI=1S/C22H25N/c1-14(2)10-18-13-22(23-21-9-7-6-8-19(18)21)20-12-15(3)11-16(4)17(20)5/h6-9,11-14H,10H2,1-5H3. The molecular weight excluding hydrogens is 278 g/mol. The van der Waals surface area contributed by atoms with E-state index >= 15 is 0 Å². The number of hydrogen-bond acceptors (Lipinski definition) is 1. The Hall–Kier alpha value is -2.15. The quantitative estimate of drug-likeness (QED) is 0.576. The van der Waals surface area contributed by atoms with Crippen LogP contribution >= 0.6 is 0 Å². The molecule has 3 rings (SSSR count). The summed E-state index contributed by atoms with van der Waals surface area (Å²) in [4.78, 5) is 4.96. The topological polar surface area (TPSA) is 12.9 Å². The molecule has 118 valence electrons. The molecule has 1 heterocycles. The van der Waals surface area contributed by atoms with E-state index in [-0.39, 0.29) is 0 Å². The minimum atomic E-state index is 0.633. The first-order valence-electron chi connectivity index (χ1n) is 8.42. The molecule has 0 saturated carbocycles. The molecule has 1 nitrogen and oxygen atoms in total. The molecule has 1 aromatic heterocycles. The van der Waals surface area contributed by atoms with Gasteiger partial charge in [-0.2, -0.15) is 0 Å². The van der Waals surface area contributed by atoms with Gasteiger partial charge in [-0.1, -0.05) is 43.7 Å². The lowest BCUT2D eigenvalue weighted by Gasteiger charge is -2.14. The minimum absolute atomic E-state index is 0.633. The summed E-state index contributed by atoms with van der Waals surface area (Å²) in [6, 6.07) is 15.3. The van der Waals surface area contributed by atoms with E-state index in [1.807, 2.05) is 0 Å². The summed E-state index contributed by atoms with van der Waals surface area (Å²) in [6.07, 6.45) is 1.08. The molecule has 0 atom stereocenters. The molecule has 0 bridgehead atoms. The van der Waals surface area contributed by atoms with E-state index in [1.165, 1.54) is 33.2 Å². The number of aromatic nitrogens is 1. The average Bonchev–Trinajstić information content (AvgIpc) is 2.50. The van der Waals surface area contributed by atoms with Crippen LogP contribution in [0.25, 0.3) is 22.2 Å². The van der Waals surface area contributed by atoms with Gasteiger partial charge >= 0.3 is 0 Å². The Labute approximate surface area is 139 Å². The van der Waals surface area contributed by atoms with Gasteiger partial charge in [0.15, 0.2) is 0 Å². The fourth-order valence-electron chi connectivity index (χ4n) is 3.30. The van der Waals surface area contributed by atoms with Gasteiger partial charge in [-0.3, -0.25) is 0 Å². The van der Waals surface area contributed by atoms with Crippen molar-refractivity contribution in [1.82, 2.24) is 4.98 Å². The SMILES string of the molecule is Cc1cc(C)c(C)c(-c2cc(CC(C)C)c3ccccc3n2)c1. The van der Waals surface area contributed by atoms with E-state index in [0.29, 0.717) is 5.92 Å². The fourth-order valence-corrected chi connectivity index (χ4v) is 3.30. The Balaban J connectivity index is 2.26. The van der Waals surface area contributed by atoms with Crippen LogP contribution in [-0.4, -0.2) is 4.98 Å². The molecule has 0 aliphatic carbocycles. The van der Waals surface area contributed by atoms with Crippen LogP contribution in [0.4, 0.5) is 0 Å². The number of pyridine rings is 1. The maximum Gasteiger partial charge on any atom is 0.0715 e. The van der Waals surface area contributed by atoms with Crippen molar-refractivity contribution in [1.29, 1.82) is 0 Å². The molecule has 1 heteroatoms. The summed E-state index contributed by atoms with van der Waals surface area (Å²) in [7, 11) is 0. The van der Waals surface area contributed by atoms with Crippen LogP contribution in [0, 0.1) is 26.7 Å². The van der Waals surface area contributed by atoms with Gasteiger partial charge in [0.2, 0.25) is 0 Å². The van der Waals surface area contributed by atoms with E-state index in [4.69, 9.17) is 4.98 Å². The number of hydrogen-bond donors (Lipinski definition) is 0. The van der Waals surface area contributed by atoms with Gasteiger partial charge in [-0.05, 0) is 68.0 Å². The highest BCUT2D eigenvalue weighted by Crippen LogP contribution is 2.30. The van der Waals surface area contributed by atoms with Crippen molar-refractivity contribution >= 4 is 10.9 Å². The predicted molar refractivity (Wildman–Crippen MR) is 99.9 cm³/mol. The summed E-state index contributed by atoms with van der Waals surface area (Å²) in [5.74, 6) is 0.633. The normalized spacial score (nSPS) is 11.4. The first-order chi connectivity index (χ1) is 11.0. The maximum absolute atomic E-state index is 4.96. The molecule has 2 aromatic carbocycles. The van der Waals surface area contributed by atoms with Crippen LogP contribution in [0.5, 0.6) is 0 Å². The maximum atomic E-state index is 4.96. The third-order valence-corrected chi connectivity index (χ3v) is 4.52. The summed E-state index contributed by atoms with van der Waals surface area (Å²) < 4.78 is 0. The highest BCUT2D eigenvalue weighted by Gasteiger charge is 2.12. The smallest absolute Gasteiger partial charge is 0.0715 e. The second kappa shape index (κ2) is 6.16. The molecule has 0 saturated heterocycles. The summed E-state index contributed by atoms with van der Waals surface area (Å²) in [6.45, 7) is 11.1. The van der Waals surface area contributed by atoms with E-state index in [0.717, 1.165) is 17.6 Å². The number of para-hydroxylation sites is 1. The Morgan fingerprint density at radius 1 is 0.957 bits per heavy atom. The van der Waals surface area contributed by atoms with Crippen molar-refractivity contribution in [2.24, 2.45) is 5.92 Å². The second-order valence-electron chi connectivity index (χ2n) is 7.04. The monoisotopic (exact) mass is 303 g/mol. The molecule has 0 N–H and O–H groups in total. The Morgan fingerprint density at radius 3 is 2.43 bits per heavy atom. The molecule has 0 radical (unpaired) electrons. The molecule has 0 spiro atoms. The van der Waals surface area contributed by atoms with Crippen LogP contribution < -0.4 is 0 Å². The third kappa shape index (κ3) is 3.14. The van der Waals surface area contributed by atoms with Crippen molar-refractivity contribution in [2.45, 2.75) is 41.0 Å². The lowest BCUT2D eigenvalue weighted by Crippen LogP contribution is -1.99. The minimum Gasteiger partial charge on any atom is -0.248 e. The van der Waals surface area contributed by atoms with Crippen molar-refractivity contribution in [3.63, 3.8) is 0 Å². The van der Waals surface area contributed by atoms with Crippen LogP contribution in [0.2, 0.25) is 0 Å². The van der Waals surface area contributed by atoms with Gasteiger partial charge in [0.1, 0.15) is 0 Å². The van der Waals surface area contributed by atoms with Gasteiger partial charge in [0.05, 0.1) is 11.2 Å². The zero-order valence-electron chi connectivity index (χ0n) is 14.8. The van der Waals surface area contributed by atoms with Gasteiger partial charge in [0, 0.05) is 10.9 Å². The van der Waals surface area contributed by atoms with E-state index in [2.05, 4.69) is 77.1 Å². The number of rotatable bonds is 3. The predicted octanol–water partition coefficient (Wildman–Crippen LogP) is 6.03. The Morgan fingerprint density at radius 2 is 1.70 bits per heavy atom. The zero-order chi connectivity index (χ0) is 16.6. The second-order valence-corrected chi connectivity index (χ2v) is 7.04. The molecule has 0 aliphatic heterocycles. The van der Waals surface area contributed by atoms with E-state index in [1.54, 1.807) is 0 Å². The van der Waals surface area contributed by atoms with Crippen molar-refractivity contribution in [2.75, 3.05) is 0 Å². The van der Waals surface area contributed by atoms with Gasteiger partial charge in [0.25, 0.3) is 0 Å².